The summed E-state index contributed by atoms with van der Waals surface area (Å²) in [7, 11) is 2.24. The van der Waals surface area contributed by atoms with Crippen LogP contribution < -0.4 is 5.73 Å². The molecule has 0 aromatic rings. The maximum absolute atomic E-state index is 5.85. The van der Waals surface area contributed by atoms with Gasteiger partial charge in [0.05, 0.1) is 0 Å². The molecular weight excluding hydrogens is 186 g/mol. The van der Waals surface area contributed by atoms with Gasteiger partial charge in [-0.25, -0.2) is 0 Å². The molecule has 0 radical (unpaired) electrons. The lowest BCUT2D eigenvalue weighted by Gasteiger charge is -2.31. The Morgan fingerprint density at radius 3 is 2.67 bits per heavy atom. The van der Waals surface area contributed by atoms with E-state index >= 15 is 0 Å². The molecule has 2 N–H and O–H groups in total. The van der Waals surface area contributed by atoms with Crippen LogP contribution in [0.15, 0.2) is 0 Å². The molecule has 2 aliphatic heterocycles. The minimum absolute atomic E-state index is 0.679. The van der Waals surface area contributed by atoms with Crippen LogP contribution in [0.3, 0.4) is 0 Å². The average molecular weight is 211 g/mol. The van der Waals surface area contributed by atoms with Gasteiger partial charge >= 0.3 is 0 Å². The summed E-state index contributed by atoms with van der Waals surface area (Å²) in [5.41, 5.74) is 5.85. The van der Waals surface area contributed by atoms with Crippen LogP contribution in [-0.2, 0) is 0 Å². The van der Waals surface area contributed by atoms with Gasteiger partial charge in [0.25, 0.3) is 0 Å². The third-order valence-corrected chi connectivity index (χ3v) is 4.08. The molecule has 15 heavy (non-hydrogen) atoms. The van der Waals surface area contributed by atoms with E-state index in [1.165, 1.54) is 51.7 Å². The molecule has 3 heteroatoms. The van der Waals surface area contributed by atoms with E-state index in [0.717, 1.165) is 12.6 Å². The second-order valence-corrected chi connectivity index (χ2v) is 5.16. The standard InChI is InChI=1S/C12H25N3/c1-14-7-2-4-11(6-9-14)15-8-3-5-12(15)10-13/h11-12H,2-10,13H2,1H3. The molecule has 0 spiro atoms. The van der Waals surface area contributed by atoms with E-state index in [1.54, 1.807) is 0 Å². The van der Waals surface area contributed by atoms with Gasteiger partial charge in [0.1, 0.15) is 0 Å². The Kier molecular flexibility index (Phi) is 4.00. The lowest BCUT2D eigenvalue weighted by atomic mass is 10.1. The van der Waals surface area contributed by atoms with Crippen LogP contribution in [-0.4, -0.2) is 55.1 Å². The highest BCUT2D eigenvalue weighted by Gasteiger charge is 2.30. The molecule has 0 aromatic carbocycles. The molecular formula is C12H25N3. The lowest BCUT2D eigenvalue weighted by Crippen LogP contribution is -2.43. The van der Waals surface area contributed by atoms with Crippen LogP contribution in [0, 0.1) is 0 Å². The normalized spacial score (nSPS) is 35.6. The zero-order valence-corrected chi connectivity index (χ0v) is 9.99. The Hall–Kier alpha value is -0.120. The highest BCUT2D eigenvalue weighted by molar-refractivity contribution is 4.87. The van der Waals surface area contributed by atoms with Crippen LogP contribution in [0.1, 0.15) is 32.1 Å². The molecule has 2 aliphatic rings. The maximum Gasteiger partial charge on any atom is 0.0221 e. The van der Waals surface area contributed by atoms with Crippen LogP contribution >= 0.6 is 0 Å². The number of rotatable bonds is 2. The van der Waals surface area contributed by atoms with Crippen molar-refractivity contribution in [1.82, 2.24) is 9.80 Å². The summed E-state index contributed by atoms with van der Waals surface area (Å²) >= 11 is 0. The predicted molar refractivity (Wildman–Crippen MR) is 63.9 cm³/mol. The molecule has 3 nitrogen and oxygen atoms in total. The van der Waals surface area contributed by atoms with Gasteiger partial charge in [-0.1, -0.05) is 0 Å². The number of likely N-dealkylation sites (tertiary alicyclic amines) is 2. The van der Waals surface area contributed by atoms with Crippen LogP contribution in [0.2, 0.25) is 0 Å². The van der Waals surface area contributed by atoms with Gasteiger partial charge in [0.2, 0.25) is 0 Å². The lowest BCUT2D eigenvalue weighted by molar-refractivity contribution is 0.166. The van der Waals surface area contributed by atoms with E-state index in [1.807, 2.05) is 0 Å². The molecule has 2 unspecified atom stereocenters. The van der Waals surface area contributed by atoms with E-state index in [-0.39, 0.29) is 0 Å². The Balaban J connectivity index is 1.91. The van der Waals surface area contributed by atoms with Gasteiger partial charge in [-0.3, -0.25) is 4.90 Å². The van der Waals surface area contributed by atoms with E-state index in [9.17, 15) is 0 Å². The van der Waals surface area contributed by atoms with Gasteiger partial charge in [-0.05, 0) is 58.8 Å². The largest absolute Gasteiger partial charge is 0.329 e. The van der Waals surface area contributed by atoms with Crippen molar-refractivity contribution in [1.29, 1.82) is 0 Å². The summed E-state index contributed by atoms with van der Waals surface area (Å²) in [6.07, 6.45) is 6.75. The smallest absolute Gasteiger partial charge is 0.0221 e. The molecule has 0 aromatic heterocycles. The summed E-state index contributed by atoms with van der Waals surface area (Å²) in [6, 6.07) is 1.49. The number of nitrogens with two attached hydrogens (primary N) is 1. The van der Waals surface area contributed by atoms with Gasteiger partial charge in [-0.15, -0.1) is 0 Å². The first kappa shape index (κ1) is 11.4. The Morgan fingerprint density at radius 1 is 1.07 bits per heavy atom. The van der Waals surface area contributed by atoms with Crippen molar-refractivity contribution in [3.05, 3.63) is 0 Å². The third kappa shape index (κ3) is 2.71. The maximum atomic E-state index is 5.85. The van der Waals surface area contributed by atoms with E-state index in [2.05, 4.69) is 16.8 Å². The summed E-state index contributed by atoms with van der Waals surface area (Å²) < 4.78 is 0. The second kappa shape index (κ2) is 5.28. The molecule has 2 rings (SSSR count). The van der Waals surface area contributed by atoms with Crippen molar-refractivity contribution in [2.75, 3.05) is 33.2 Å². The number of hydrogen-bond donors (Lipinski definition) is 1. The monoisotopic (exact) mass is 211 g/mol. The van der Waals surface area contributed by atoms with Crippen molar-refractivity contribution >= 4 is 0 Å². The summed E-state index contributed by atoms with van der Waals surface area (Å²) in [4.78, 5) is 5.16. The summed E-state index contributed by atoms with van der Waals surface area (Å²) in [5.74, 6) is 0. The molecule has 2 heterocycles. The van der Waals surface area contributed by atoms with Gasteiger partial charge in [0, 0.05) is 18.6 Å². The van der Waals surface area contributed by atoms with E-state index in [0.29, 0.717) is 6.04 Å². The second-order valence-electron chi connectivity index (χ2n) is 5.16. The molecule has 2 fully saturated rings. The highest BCUT2D eigenvalue weighted by Crippen LogP contribution is 2.25. The summed E-state index contributed by atoms with van der Waals surface area (Å²) in [5, 5.41) is 0. The van der Waals surface area contributed by atoms with E-state index in [4.69, 9.17) is 5.73 Å². The van der Waals surface area contributed by atoms with Crippen LogP contribution in [0.25, 0.3) is 0 Å². The molecule has 0 saturated carbocycles. The van der Waals surface area contributed by atoms with Crippen molar-refractivity contribution in [3.8, 4) is 0 Å². The fourth-order valence-corrected chi connectivity index (χ4v) is 3.15. The van der Waals surface area contributed by atoms with Crippen molar-refractivity contribution in [2.45, 2.75) is 44.2 Å². The third-order valence-electron chi connectivity index (χ3n) is 4.08. The quantitative estimate of drug-likeness (QED) is 0.736. The van der Waals surface area contributed by atoms with Gasteiger partial charge in [0.15, 0.2) is 0 Å². The van der Waals surface area contributed by atoms with Gasteiger partial charge in [-0.2, -0.15) is 0 Å². The Bertz CT molecular complexity index is 195. The Labute approximate surface area is 93.6 Å². The van der Waals surface area contributed by atoms with Crippen LogP contribution in [0.4, 0.5) is 0 Å². The first-order valence-electron chi connectivity index (χ1n) is 6.45. The fourth-order valence-electron chi connectivity index (χ4n) is 3.15. The molecule has 2 saturated heterocycles. The SMILES string of the molecule is CN1CCCC(N2CCCC2CN)CC1. The zero-order chi connectivity index (χ0) is 10.7. The van der Waals surface area contributed by atoms with E-state index < -0.39 is 0 Å². The molecule has 2 atom stereocenters. The zero-order valence-electron chi connectivity index (χ0n) is 9.99. The number of nitrogens with zero attached hydrogens (tertiary/aromatic N) is 2. The Morgan fingerprint density at radius 2 is 1.87 bits per heavy atom. The molecule has 0 aliphatic carbocycles. The molecule has 0 bridgehead atoms. The minimum atomic E-state index is 0.679. The summed E-state index contributed by atoms with van der Waals surface area (Å²) in [6.45, 7) is 4.68. The average Bonchev–Trinajstić information content (AvgIpc) is 2.61. The van der Waals surface area contributed by atoms with Crippen molar-refractivity contribution in [2.24, 2.45) is 5.73 Å². The fraction of sp³-hybridized carbons (Fsp3) is 1.00. The van der Waals surface area contributed by atoms with Gasteiger partial charge < -0.3 is 10.6 Å². The highest BCUT2D eigenvalue weighted by atomic mass is 15.2. The first-order valence-corrected chi connectivity index (χ1v) is 6.45. The van der Waals surface area contributed by atoms with Crippen molar-refractivity contribution in [3.63, 3.8) is 0 Å². The van der Waals surface area contributed by atoms with Crippen LogP contribution in [0.5, 0.6) is 0 Å². The molecule has 88 valence electrons. The predicted octanol–water partition coefficient (Wildman–Crippen LogP) is 0.894. The minimum Gasteiger partial charge on any atom is -0.329 e. The molecule has 0 amide bonds. The topological polar surface area (TPSA) is 32.5 Å². The number of hydrogen-bond acceptors (Lipinski definition) is 3. The first-order chi connectivity index (χ1) is 7.31. The van der Waals surface area contributed by atoms with Crippen molar-refractivity contribution < 1.29 is 0 Å².